The summed E-state index contributed by atoms with van der Waals surface area (Å²) in [6, 6.07) is 15.1. The second kappa shape index (κ2) is 7.12. The van der Waals surface area contributed by atoms with Crippen molar-refractivity contribution in [3.8, 4) is 11.5 Å². The van der Waals surface area contributed by atoms with Crippen LogP contribution >= 0.6 is 0 Å². The fourth-order valence-corrected chi connectivity index (χ4v) is 2.80. The van der Waals surface area contributed by atoms with Gasteiger partial charge in [0, 0.05) is 0 Å². The molecule has 0 aliphatic heterocycles. The summed E-state index contributed by atoms with van der Waals surface area (Å²) in [6.07, 6.45) is 0. The summed E-state index contributed by atoms with van der Waals surface area (Å²) in [5.41, 5.74) is 13.4. The molecule has 0 bridgehead atoms. The molecule has 0 saturated carbocycles. The molecule has 1 amide bonds. The van der Waals surface area contributed by atoms with Crippen LogP contribution in [0.5, 0.6) is 11.5 Å². The first-order valence-corrected chi connectivity index (χ1v) is 7.92. The predicted molar refractivity (Wildman–Crippen MR) is 94.2 cm³/mol. The monoisotopic (exact) mass is 341 g/mol. The first-order valence-electron chi connectivity index (χ1n) is 7.92. The van der Waals surface area contributed by atoms with E-state index in [1.165, 1.54) is 0 Å². The molecule has 0 fully saturated rings. The highest BCUT2D eigenvalue weighted by molar-refractivity contribution is 5.76. The fourth-order valence-electron chi connectivity index (χ4n) is 2.80. The number of nitrogens with two attached hydrogens (primary N) is 2. The lowest BCUT2D eigenvalue weighted by Gasteiger charge is -2.07. The van der Waals surface area contributed by atoms with E-state index in [4.69, 9.17) is 20.9 Å². The van der Waals surface area contributed by atoms with Crippen molar-refractivity contribution in [2.75, 3.05) is 19.5 Å². The van der Waals surface area contributed by atoms with Crippen molar-refractivity contribution in [3.05, 3.63) is 48.5 Å². The van der Waals surface area contributed by atoms with Gasteiger partial charge in [-0.2, -0.15) is 0 Å². The van der Waals surface area contributed by atoms with E-state index in [2.05, 4.69) is 0 Å². The van der Waals surface area contributed by atoms with Crippen molar-refractivity contribution in [2.45, 2.75) is 13.1 Å². The molecule has 130 valence electrons. The number of para-hydroxylation sites is 2. The van der Waals surface area contributed by atoms with Gasteiger partial charge in [0.25, 0.3) is 5.91 Å². The van der Waals surface area contributed by atoms with Gasteiger partial charge in [0.15, 0.2) is 6.54 Å². The summed E-state index contributed by atoms with van der Waals surface area (Å²) in [6.45, 7) is 1.02. The summed E-state index contributed by atoms with van der Waals surface area (Å²) >= 11 is 0. The number of amides is 1. The van der Waals surface area contributed by atoms with E-state index in [0.29, 0.717) is 19.1 Å². The van der Waals surface area contributed by atoms with Crippen molar-refractivity contribution in [3.63, 3.8) is 0 Å². The third kappa shape index (κ3) is 3.50. The second-order valence-electron chi connectivity index (χ2n) is 5.57. The highest BCUT2D eigenvalue weighted by atomic mass is 16.5. The lowest BCUT2D eigenvalue weighted by Crippen LogP contribution is -2.42. The number of benzene rings is 2. The molecule has 0 aliphatic carbocycles. The molecule has 0 radical (unpaired) electrons. The Morgan fingerprint density at radius 1 is 1.12 bits per heavy atom. The van der Waals surface area contributed by atoms with Crippen LogP contribution in [0.4, 0.5) is 5.95 Å². The number of aromatic nitrogens is 2. The van der Waals surface area contributed by atoms with Crippen LogP contribution in [0.15, 0.2) is 48.5 Å². The highest BCUT2D eigenvalue weighted by Crippen LogP contribution is 2.18. The Bertz CT molecular complexity index is 887. The quantitative estimate of drug-likeness (QED) is 0.629. The van der Waals surface area contributed by atoms with Crippen molar-refractivity contribution in [2.24, 2.45) is 5.73 Å². The van der Waals surface area contributed by atoms with Gasteiger partial charge in [0.05, 0.1) is 7.11 Å². The smallest absolute Gasteiger partial charge is 0.356 e. The van der Waals surface area contributed by atoms with Crippen molar-refractivity contribution in [1.82, 2.24) is 4.57 Å². The maximum Gasteiger partial charge on any atom is 0.356 e. The average Bonchev–Trinajstić information content (AvgIpc) is 2.88. The van der Waals surface area contributed by atoms with Gasteiger partial charge in [0.2, 0.25) is 0 Å². The van der Waals surface area contributed by atoms with E-state index in [9.17, 15) is 4.79 Å². The third-order valence-electron chi connectivity index (χ3n) is 3.97. The molecule has 7 heteroatoms. The first-order chi connectivity index (χ1) is 12.1. The number of hydrogen-bond donors (Lipinski definition) is 2. The zero-order valence-corrected chi connectivity index (χ0v) is 14.0. The number of methoxy groups -OCH3 is 1. The van der Waals surface area contributed by atoms with Crippen molar-refractivity contribution >= 4 is 22.9 Å². The maximum atomic E-state index is 11.3. The Labute approximate surface area is 145 Å². The Morgan fingerprint density at radius 2 is 1.80 bits per heavy atom. The number of carbonyl (C=O) groups is 1. The number of primary amides is 1. The number of carbonyl (C=O) groups excluding carboxylic acids is 1. The Kier molecular flexibility index (Phi) is 4.74. The largest absolute Gasteiger partial charge is 0.497 e. The zero-order valence-electron chi connectivity index (χ0n) is 14.0. The topological polar surface area (TPSA) is 96.4 Å². The molecule has 2 aromatic carbocycles. The molecule has 7 nitrogen and oxygen atoms in total. The predicted octanol–water partition coefficient (Wildman–Crippen LogP) is 1.08. The Morgan fingerprint density at radius 3 is 2.48 bits per heavy atom. The second-order valence-corrected chi connectivity index (χ2v) is 5.57. The van der Waals surface area contributed by atoms with Gasteiger partial charge in [0.1, 0.15) is 35.7 Å². The van der Waals surface area contributed by atoms with Crippen molar-refractivity contribution in [1.29, 1.82) is 0 Å². The van der Waals surface area contributed by atoms with Gasteiger partial charge in [-0.25, -0.2) is 9.13 Å². The molecular formula is C18H21N4O3+. The summed E-state index contributed by atoms with van der Waals surface area (Å²) in [7, 11) is 1.62. The Balaban J connectivity index is 1.78. The van der Waals surface area contributed by atoms with E-state index in [0.717, 1.165) is 22.5 Å². The lowest BCUT2D eigenvalue weighted by molar-refractivity contribution is -0.644. The Hall–Kier alpha value is -3.22. The van der Waals surface area contributed by atoms with Crippen LogP contribution in [0.3, 0.4) is 0 Å². The molecule has 0 unspecified atom stereocenters. The molecule has 3 aromatic rings. The van der Waals surface area contributed by atoms with Gasteiger partial charge in [-0.05, 0) is 36.4 Å². The van der Waals surface area contributed by atoms with Gasteiger partial charge < -0.3 is 15.2 Å². The molecule has 0 saturated heterocycles. The minimum absolute atomic E-state index is 0.0404. The molecule has 1 aromatic heterocycles. The maximum absolute atomic E-state index is 11.3. The van der Waals surface area contributed by atoms with Gasteiger partial charge in [-0.1, -0.05) is 12.1 Å². The van der Waals surface area contributed by atoms with Crippen LogP contribution in [0.2, 0.25) is 0 Å². The van der Waals surface area contributed by atoms with E-state index in [1.807, 2.05) is 53.1 Å². The fraction of sp³-hybridized carbons (Fsp3) is 0.222. The minimum atomic E-state index is -0.436. The number of imidazole rings is 1. The summed E-state index contributed by atoms with van der Waals surface area (Å²) in [5, 5.41) is 0. The van der Waals surface area contributed by atoms with E-state index in [1.54, 1.807) is 11.7 Å². The standard InChI is InChI=1S/C18H20N4O3/c1-24-13-6-8-14(9-7-13)25-11-10-21-15-4-2-3-5-16(15)22(18(21)20)12-17(19)23/h2-9,20H,10-12H2,1H3,(H2,19,23)/p+1. The number of ether oxygens (including phenoxy) is 2. The minimum Gasteiger partial charge on any atom is -0.497 e. The molecule has 0 spiro atoms. The van der Waals surface area contributed by atoms with Gasteiger partial charge >= 0.3 is 5.95 Å². The van der Waals surface area contributed by atoms with Crippen LogP contribution in [0, 0.1) is 0 Å². The molecule has 1 heterocycles. The molecular weight excluding hydrogens is 320 g/mol. The number of anilines is 1. The van der Waals surface area contributed by atoms with E-state index in [-0.39, 0.29) is 6.54 Å². The molecule has 25 heavy (non-hydrogen) atoms. The average molecular weight is 341 g/mol. The molecule has 4 N–H and O–H groups in total. The zero-order chi connectivity index (χ0) is 17.8. The van der Waals surface area contributed by atoms with Crippen LogP contribution in [-0.4, -0.2) is 24.2 Å². The third-order valence-corrected chi connectivity index (χ3v) is 3.97. The van der Waals surface area contributed by atoms with Gasteiger partial charge in [-0.15, -0.1) is 0 Å². The van der Waals surface area contributed by atoms with E-state index >= 15 is 0 Å². The summed E-state index contributed by atoms with van der Waals surface area (Å²) in [4.78, 5) is 11.3. The SMILES string of the molecule is COc1ccc(OCCn2c(N)[n+](CC(N)=O)c3ccccc32)cc1. The number of hydrogen-bond acceptors (Lipinski definition) is 4. The highest BCUT2D eigenvalue weighted by Gasteiger charge is 2.21. The summed E-state index contributed by atoms with van der Waals surface area (Å²) in [5.74, 6) is 1.56. The number of nitrogen functional groups attached to an aromatic ring is 1. The van der Waals surface area contributed by atoms with Crippen LogP contribution in [0.25, 0.3) is 11.0 Å². The van der Waals surface area contributed by atoms with Gasteiger partial charge in [-0.3, -0.25) is 10.5 Å². The molecule has 0 aliphatic rings. The number of fused-ring (bicyclic) bond motifs is 1. The summed E-state index contributed by atoms with van der Waals surface area (Å²) < 4.78 is 14.5. The van der Waals surface area contributed by atoms with E-state index < -0.39 is 5.91 Å². The van der Waals surface area contributed by atoms with Crippen LogP contribution in [-0.2, 0) is 17.9 Å². The molecule has 3 rings (SSSR count). The number of nitrogens with zero attached hydrogens (tertiary/aromatic N) is 2. The molecule has 0 atom stereocenters. The first kappa shape index (κ1) is 16.6. The normalized spacial score (nSPS) is 10.8. The van der Waals surface area contributed by atoms with Crippen LogP contribution in [0.1, 0.15) is 0 Å². The lowest BCUT2D eigenvalue weighted by atomic mass is 10.3. The number of rotatable bonds is 7. The van der Waals surface area contributed by atoms with Crippen molar-refractivity contribution < 1.29 is 18.8 Å². The van der Waals surface area contributed by atoms with Crippen LogP contribution < -0.4 is 25.5 Å².